The van der Waals surface area contributed by atoms with Crippen molar-refractivity contribution in [1.29, 1.82) is 0 Å². The molecule has 0 aliphatic heterocycles. The van der Waals surface area contributed by atoms with Crippen molar-refractivity contribution in [3.8, 4) is 5.75 Å². The predicted molar refractivity (Wildman–Crippen MR) is 82.3 cm³/mol. The van der Waals surface area contributed by atoms with E-state index in [1.807, 2.05) is 32.0 Å². The van der Waals surface area contributed by atoms with Crippen LogP contribution >= 0.6 is 0 Å². The van der Waals surface area contributed by atoms with E-state index in [4.69, 9.17) is 4.74 Å². The van der Waals surface area contributed by atoms with Gasteiger partial charge in [-0.1, -0.05) is 18.2 Å². The number of anilines is 1. The maximum atomic E-state index is 12.8. The Balaban J connectivity index is 1.82. The summed E-state index contributed by atoms with van der Waals surface area (Å²) < 4.78 is 18.5. The molecule has 0 saturated heterocycles. The molecular formula is C17H20FNO2. The number of hydrogen-bond donors (Lipinski definition) is 2. The molecule has 0 saturated carbocycles. The summed E-state index contributed by atoms with van der Waals surface area (Å²) in [4.78, 5) is 0. The lowest BCUT2D eigenvalue weighted by Crippen LogP contribution is -2.26. The van der Waals surface area contributed by atoms with E-state index in [1.165, 1.54) is 12.1 Å². The van der Waals surface area contributed by atoms with Gasteiger partial charge in [0.1, 0.15) is 24.3 Å². The Morgan fingerprint density at radius 3 is 2.33 bits per heavy atom. The molecular weight excluding hydrogens is 269 g/mol. The zero-order valence-corrected chi connectivity index (χ0v) is 12.3. The van der Waals surface area contributed by atoms with E-state index in [1.54, 1.807) is 12.1 Å². The Labute approximate surface area is 124 Å². The minimum Gasteiger partial charge on any atom is -0.490 e. The highest BCUT2D eigenvalue weighted by molar-refractivity contribution is 5.43. The summed E-state index contributed by atoms with van der Waals surface area (Å²) >= 11 is 0. The Morgan fingerprint density at radius 1 is 1.10 bits per heavy atom. The molecule has 0 aromatic heterocycles. The van der Waals surface area contributed by atoms with Gasteiger partial charge >= 0.3 is 0 Å². The van der Waals surface area contributed by atoms with Gasteiger partial charge in [0.2, 0.25) is 0 Å². The fourth-order valence-electron chi connectivity index (χ4n) is 2.07. The van der Waals surface area contributed by atoms with Crippen LogP contribution in [0.25, 0.3) is 0 Å². The zero-order valence-electron chi connectivity index (χ0n) is 12.3. The van der Waals surface area contributed by atoms with Crippen molar-refractivity contribution in [1.82, 2.24) is 0 Å². The average Bonchev–Trinajstić information content (AvgIpc) is 2.46. The Hall–Kier alpha value is -2.07. The molecule has 0 bridgehead atoms. The Morgan fingerprint density at radius 2 is 1.71 bits per heavy atom. The summed E-state index contributed by atoms with van der Waals surface area (Å²) in [5.74, 6) is 0.540. The third kappa shape index (κ3) is 4.46. The van der Waals surface area contributed by atoms with Gasteiger partial charge < -0.3 is 15.2 Å². The molecule has 2 aromatic rings. The Kier molecular flexibility index (Phi) is 5.17. The average molecular weight is 289 g/mol. The van der Waals surface area contributed by atoms with Gasteiger partial charge in [-0.25, -0.2) is 4.39 Å². The highest BCUT2D eigenvalue weighted by Gasteiger charge is 2.08. The van der Waals surface area contributed by atoms with Crippen LogP contribution in [0.4, 0.5) is 10.1 Å². The molecule has 0 amide bonds. The van der Waals surface area contributed by atoms with Gasteiger partial charge in [-0.3, -0.25) is 0 Å². The molecule has 2 N–H and O–H groups in total. The topological polar surface area (TPSA) is 41.5 Å². The molecule has 1 unspecified atom stereocenters. The SMILES string of the molecule is Cc1cccc(C)c1OCC(O)CNc1ccc(F)cc1. The molecule has 0 spiro atoms. The second-order valence-corrected chi connectivity index (χ2v) is 5.07. The fraction of sp³-hybridized carbons (Fsp3) is 0.294. The quantitative estimate of drug-likeness (QED) is 0.857. The Bertz CT molecular complexity index is 564. The van der Waals surface area contributed by atoms with Crippen molar-refractivity contribution >= 4 is 5.69 Å². The van der Waals surface area contributed by atoms with E-state index >= 15 is 0 Å². The van der Waals surface area contributed by atoms with E-state index < -0.39 is 6.10 Å². The summed E-state index contributed by atoms with van der Waals surface area (Å²) in [7, 11) is 0. The summed E-state index contributed by atoms with van der Waals surface area (Å²) in [5.41, 5.74) is 2.87. The second-order valence-electron chi connectivity index (χ2n) is 5.07. The summed E-state index contributed by atoms with van der Waals surface area (Å²) in [6.07, 6.45) is -0.644. The van der Waals surface area contributed by atoms with Gasteiger partial charge in [-0.2, -0.15) is 0 Å². The predicted octanol–water partition coefficient (Wildman–Crippen LogP) is 3.29. The smallest absolute Gasteiger partial charge is 0.125 e. The van der Waals surface area contributed by atoms with Crippen LogP contribution in [0.5, 0.6) is 5.75 Å². The van der Waals surface area contributed by atoms with Crippen LogP contribution in [0.3, 0.4) is 0 Å². The van der Waals surface area contributed by atoms with Crippen LogP contribution < -0.4 is 10.1 Å². The third-order valence-corrected chi connectivity index (χ3v) is 3.21. The molecule has 21 heavy (non-hydrogen) atoms. The fourth-order valence-corrected chi connectivity index (χ4v) is 2.07. The first kappa shape index (κ1) is 15.3. The summed E-state index contributed by atoms with van der Waals surface area (Å²) in [6, 6.07) is 12.0. The first-order chi connectivity index (χ1) is 10.1. The van der Waals surface area contributed by atoms with Gasteiger partial charge in [-0.15, -0.1) is 0 Å². The first-order valence-electron chi connectivity index (χ1n) is 6.93. The molecule has 112 valence electrons. The lowest BCUT2D eigenvalue weighted by Gasteiger charge is -2.16. The molecule has 4 heteroatoms. The van der Waals surface area contributed by atoms with E-state index in [9.17, 15) is 9.50 Å². The second kappa shape index (κ2) is 7.09. The van der Waals surface area contributed by atoms with E-state index in [0.717, 1.165) is 22.6 Å². The number of halogens is 1. The number of nitrogens with one attached hydrogen (secondary N) is 1. The number of para-hydroxylation sites is 1. The normalized spacial score (nSPS) is 12.0. The largest absolute Gasteiger partial charge is 0.490 e. The summed E-state index contributed by atoms with van der Waals surface area (Å²) in [5, 5.41) is 13.0. The van der Waals surface area contributed by atoms with Gasteiger partial charge in [0.05, 0.1) is 0 Å². The number of rotatable bonds is 6. The van der Waals surface area contributed by atoms with Crippen molar-refractivity contribution in [2.45, 2.75) is 20.0 Å². The van der Waals surface area contributed by atoms with Gasteiger partial charge in [0, 0.05) is 12.2 Å². The molecule has 0 aliphatic rings. The number of aryl methyl sites for hydroxylation is 2. The molecule has 3 nitrogen and oxygen atoms in total. The van der Waals surface area contributed by atoms with Crippen LogP contribution in [0.1, 0.15) is 11.1 Å². The molecule has 2 rings (SSSR count). The monoisotopic (exact) mass is 289 g/mol. The maximum absolute atomic E-state index is 12.8. The summed E-state index contributed by atoms with van der Waals surface area (Å²) in [6.45, 7) is 4.51. The van der Waals surface area contributed by atoms with Crippen LogP contribution in [-0.4, -0.2) is 24.4 Å². The molecule has 0 heterocycles. The van der Waals surface area contributed by atoms with E-state index in [-0.39, 0.29) is 12.4 Å². The standard InChI is InChI=1S/C17H20FNO2/c1-12-4-3-5-13(2)17(12)21-11-16(20)10-19-15-8-6-14(18)7-9-15/h3-9,16,19-20H,10-11H2,1-2H3. The van der Waals surface area contributed by atoms with Crippen molar-refractivity contribution in [3.63, 3.8) is 0 Å². The minimum atomic E-state index is -0.644. The molecule has 0 aliphatic carbocycles. The van der Waals surface area contributed by atoms with Crippen molar-refractivity contribution in [3.05, 3.63) is 59.4 Å². The highest BCUT2D eigenvalue weighted by Crippen LogP contribution is 2.22. The van der Waals surface area contributed by atoms with Crippen LogP contribution in [0.2, 0.25) is 0 Å². The maximum Gasteiger partial charge on any atom is 0.125 e. The van der Waals surface area contributed by atoms with Crippen molar-refractivity contribution < 1.29 is 14.2 Å². The number of aliphatic hydroxyl groups is 1. The molecule has 0 radical (unpaired) electrons. The molecule has 1 atom stereocenters. The van der Waals surface area contributed by atoms with Crippen molar-refractivity contribution in [2.24, 2.45) is 0 Å². The molecule has 2 aromatic carbocycles. The van der Waals surface area contributed by atoms with E-state index in [2.05, 4.69) is 5.32 Å². The third-order valence-electron chi connectivity index (χ3n) is 3.21. The lowest BCUT2D eigenvalue weighted by molar-refractivity contribution is 0.117. The lowest BCUT2D eigenvalue weighted by atomic mass is 10.1. The first-order valence-corrected chi connectivity index (χ1v) is 6.93. The van der Waals surface area contributed by atoms with E-state index in [0.29, 0.717) is 6.54 Å². The van der Waals surface area contributed by atoms with Crippen LogP contribution in [0, 0.1) is 19.7 Å². The minimum absolute atomic E-state index is 0.208. The van der Waals surface area contributed by atoms with Gasteiger partial charge in [0.15, 0.2) is 0 Å². The van der Waals surface area contributed by atoms with Crippen molar-refractivity contribution in [2.75, 3.05) is 18.5 Å². The number of aliphatic hydroxyl groups excluding tert-OH is 1. The molecule has 0 fully saturated rings. The number of ether oxygens (including phenoxy) is 1. The van der Waals surface area contributed by atoms with Gasteiger partial charge in [0.25, 0.3) is 0 Å². The zero-order chi connectivity index (χ0) is 15.2. The number of benzene rings is 2. The van der Waals surface area contributed by atoms with Gasteiger partial charge in [-0.05, 0) is 49.2 Å². The highest BCUT2D eigenvalue weighted by atomic mass is 19.1. The number of hydrogen-bond acceptors (Lipinski definition) is 3. The van der Waals surface area contributed by atoms with Crippen LogP contribution in [-0.2, 0) is 0 Å². The van der Waals surface area contributed by atoms with Crippen LogP contribution in [0.15, 0.2) is 42.5 Å².